The average Bonchev–Trinajstić information content (AvgIpc) is 3.03. The van der Waals surface area contributed by atoms with E-state index in [2.05, 4.69) is 4.90 Å². The van der Waals surface area contributed by atoms with Crippen LogP contribution in [0.4, 0.5) is 18.9 Å². The molecule has 1 aliphatic heterocycles. The summed E-state index contributed by atoms with van der Waals surface area (Å²) < 4.78 is 51.2. The first kappa shape index (κ1) is 21.0. The Morgan fingerprint density at radius 3 is 2.63 bits per heavy atom. The molecule has 4 nitrogen and oxygen atoms in total. The number of ketones is 1. The van der Waals surface area contributed by atoms with Gasteiger partial charge in [0.2, 0.25) is 0 Å². The molecule has 2 aromatic rings. The van der Waals surface area contributed by atoms with Gasteiger partial charge in [0.05, 0.1) is 31.6 Å². The molecule has 2 aromatic carbocycles. The van der Waals surface area contributed by atoms with Crippen LogP contribution in [0.5, 0.6) is 5.75 Å². The first-order chi connectivity index (χ1) is 14.3. The number of halogens is 4. The smallest absolute Gasteiger partial charge is 0.416 e. The zero-order valence-corrected chi connectivity index (χ0v) is 17.1. The zero-order valence-electron chi connectivity index (χ0n) is 16.4. The molecule has 0 spiro atoms. The van der Waals surface area contributed by atoms with Crippen LogP contribution in [0.2, 0.25) is 5.02 Å². The molecule has 160 valence electrons. The van der Waals surface area contributed by atoms with Gasteiger partial charge in [0.1, 0.15) is 5.75 Å². The number of carbonyl (C=O) groups excluding carboxylic acids is 1. The number of morpholine rings is 1. The molecule has 1 heterocycles. The topological polar surface area (TPSA) is 38.8 Å². The third-order valence-corrected chi connectivity index (χ3v) is 6.09. The molecule has 4 rings (SSSR count). The second-order valence-corrected chi connectivity index (χ2v) is 7.92. The van der Waals surface area contributed by atoms with Gasteiger partial charge in [0.25, 0.3) is 0 Å². The van der Waals surface area contributed by atoms with E-state index in [1.165, 1.54) is 12.1 Å². The Kier molecular flexibility index (Phi) is 5.68. The third kappa shape index (κ3) is 3.88. The quantitative estimate of drug-likeness (QED) is 0.686. The van der Waals surface area contributed by atoms with Crippen LogP contribution in [0, 0.1) is 5.92 Å². The number of benzene rings is 2. The van der Waals surface area contributed by atoms with Crippen LogP contribution in [0.15, 0.2) is 30.3 Å². The van der Waals surface area contributed by atoms with E-state index >= 15 is 0 Å². The van der Waals surface area contributed by atoms with Gasteiger partial charge in [-0.25, -0.2) is 0 Å². The lowest BCUT2D eigenvalue weighted by molar-refractivity contribution is -0.138. The van der Waals surface area contributed by atoms with Crippen molar-refractivity contribution in [2.24, 2.45) is 5.92 Å². The van der Waals surface area contributed by atoms with Gasteiger partial charge in [0, 0.05) is 29.6 Å². The Labute approximate surface area is 177 Å². The summed E-state index contributed by atoms with van der Waals surface area (Å²) >= 11 is 6.10. The number of carbonyl (C=O) groups is 1. The van der Waals surface area contributed by atoms with E-state index in [0.717, 1.165) is 17.3 Å². The van der Waals surface area contributed by atoms with Crippen LogP contribution >= 0.6 is 11.6 Å². The van der Waals surface area contributed by atoms with E-state index in [0.29, 0.717) is 44.0 Å². The van der Waals surface area contributed by atoms with Crippen LogP contribution in [-0.4, -0.2) is 39.2 Å². The highest BCUT2D eigenvalue weighted by Gasteiger charge is 2.38. The fourth-order valence-corrected chi connectivity index (χ4v) is 4.50. The summed E-state index contributed by atoms with van der Waals surface area (Å²) in [4.78, 5) is 15.2. The first-order valence-corrected chi connectivity index (χ1v) is 10.1. The summed E-state index contributed by atoms with van der Waals surface area (Å²) in [7, 11) is 1.54. The van der Waals surface area contributed by atoms with Crippen LogP contribution < -0.4 is 9.64 Å². The number of Topliss-reactive ketones (excluding diaryl/α,β-unsaturated/α-hetero) is 1. The Bertz CT molecular complexity index is 971. The van der Waals surface area contributed by atoms with Gasteiger partial charge in [0.15, 0.2) is 5.78 Å². The van der Waals surface area contributed by atoms with Gasteiger partial charge in [-0.05, 0) is 48.2 Å². The van der Waals surface area contributed by atoms with Gasteiger partial charge >= 0.3 is 6.18 Å². The molecule has 0 bridgehead atoms. The predicted molar refractivity (Wildman–Crippen MR) is 108 cm³/mol. The number of ether oxygens (including phenoxy) is 2. The van der Waals surface area contributed by atoms with Crippen molar-refractivity contribution in [2.45, 2.75) is 19.0 Å². The molecule has 30 heavy (non-hydrogen) atoms. The van der Waals surface area contributed by atoms with E-state index in [1.54, 1.807) is 13.2 Å². The molecule has 2 aliphatic rings. The van der Waals surface area contributed by atoms with Crippen LogP contribution in [-0.2, 0) is 23.8 Å². The van der Waals surface area contributed by atoms with E-state index in [9.17, 15) is 18.0 Å². The largest absolute Gasteiger partial charge is 0.495 e. The van der Waals surface area contributed by atoms with Crippen molar-refractivity contribution in [3.05, 3.63) is 57.6 Å². The van der Waals surface area contributed by atoms with E-state index in [4.69, 9.17) is 21.1 Å². The summed E-state index contributed by atoms with van der Waals surface area (Å²) in [5, 5.41) is 0.0279. The summed E-state index contributed by atoms with van der Waals surface area (Å²) in [6.07, 6.45) is -4.21. The number of hydrogen-bond donors (Lipinski definition) is 0. The van der Waals surface area contributed by atoms with Gasteiger partial charge < -0.3 is 14.4 Å². The summed E-state index contributed by atoms with van der Waals surface area (Å²) in [6, 6.07) is 7.35. The van der Waals surface area contributed by atoms with E-state index in [1.807, 2.05) is 6.07 Å². The van der Waals surface area contributed by atoms with Crippen LogP contribution in [0.3, 0.4) is 0 Å². The molecule has 0 saturated carbocycles. The molecule has 0 N–H and O–H groups in total. The minimum atomic E-state index is -4.53. The van der Waals surface area contributed by atoms with Crippen molar-refractivity contribution in [1.29, 1.82) is 0 Å². The lowest BCUT2D eigenvalue weighted by Gasteiger charge is -2.30. The molecule has 0 radical (unpaired) electrons. The molecule has 0 aromatic heterocycles. The molecule has 0 amide bonds. The van der Waals surface area contributed by atoms with Crippen molar-refractivity contribution in [1.82, 2.24) is 0 Å². The fraction of sp³-hybridized carbons (Fsp3) is 0.409. The number of methoxy groups -OCH3 is 1. The number of rotatable bonds is 4. The van der Waals surface area contributed by atoms with Gasteiger partial charge in [-0.15, -0.1) is 0 Å². The number of nitrogens with zero attached hydrogens (tertiary/aromatic N) is 1. The number of hydrogen-bond acceptors (Lipinski definition) is 4. The Morgan fingerprint density at radius 2 is 1.97 bits per heavy atom. The van der Waals surface area contributed by atoms with Crippen molar-refractivity contribution in [3.8, 4) is 5.75 Å². The van der Waals surface area contributed by atoms with Crippen LogP contribution in [0.25, 0.3) is 0 Å². The third-order valence-electron chi connectivity index (χ3n) is 5.73. The van der Waals surface area contributed by atoms with Crippen molar-refractivity contribution < 1.29 is 27.4 Å². The highest BCUT2D eigenvalue weighted by atomic mass is 35.5. The second kappa shape index (κ2) is 8.12. The number of fused-ring (bicyclic) bond motifs is 1. The lowest BCUT2D eigenvalue weighted by Crippen LogP contribution is -2.36. The van der Waals surface area contributed by atoms with E-state index in [-0.39, 0.29) is 22.8 Å². The Morgan fingerprint density at radius 1 is 1.23 bits per heavy atom. The fourth-order valence-electron chi connectivity index (χ4n) is 4.25. The van der Waals surface area contributed by atoms with Crippen LogP contribution in [0.1, 0.15) is 27.0 Å². The predicted octanol–water partition coefficient (Wildman–Crippen LogP) is 4.80. The summed E-state index contributed by atoms with van der Waals surface area (Å²) in [5.74, 6) is -0.186. The highest BCUT2D eigenvalue weighted by molar-refractivity contribution is 6.31. The molecule has 1 unspecified atom stereocenters. The minimum Gasteiger partial charge on any atom is -0.495 e. The summed E-state index contributed by atoms with van der Waals surface area (Å²) in [5.41, 5.74) is 1.40. The minimum absolute atomic E-state index is 0.0279. The van der Waals surface area contributed by atoms with Gasteiger partial charge in [-0.3, -0.25) is 4.79 Å². The van der Waals surface area contributed by atoms with Crippen molar-refractivity contribution in [2.75, 3.05) is 38.3 Å². The maximum absolute atomic E-state index is 13.4. The van der Waals surface area contributed by atoms with Gasteiger partial charge in [-0.2, -0.15) is 13.2 Å². The average molecular weight is 440 g/mol. The first-order valence-electron chi connectivity index (χ1n) is 9.72. The number of anilines is 1. The standard InChI is InChI=1S/C22H21ClF3NO3/c1-29-20-12-15-13(11-19(20)27-5-7-30-8-6-27)9-14(21(15)28)10-16-17(22(24,25)26)3-2-4-18(16)23/h2-4,11-12,14H,5-10H2,1H3. The molecule has 8 heteroatoms. The maximum atomic E-state index is 13.4. The molecule has 1 fully saturated rings. The molecule has 1 aliphatic carbocycles. The Hall–Kier alpha value is -2.25. The van der Waals surface area contributed by atoms with Crippen molar-refractivity contribution in [3.63, 3.8) is 0 Å². The highest BCUT2D eigenvalue weighted by Crippen LogP contribution is 2.41. The summed E-state index contributed by atoms with van der Waals surface area (Å²) in [6.45, 7) is 2.63. The maximum Gasteiger partial charge on any atom is 0.416 e. The Balaban J connectivity index is 1.65. The molecule has 1 saturated heterocycles. The lowest BCUT2D eigenvalue weighted by atomic mass is 9.92. The van der Waals surface area contributed by atoms with Crippen molar-refractivity contribution >= 4 is 23.1 Å². The second-order valence-electron chi connectivity index (χ2n) is 7.51. The number of alkyl halides is 3. The molecular formula is C22H21ClF3NO3. The monoisotopic (exact) mass is 439 g/mol. The zero-order chi connectivity index (χ0) is 21.5. The molecule has 1 atom stereocenters. The van der Waals surface area contributed by atoms with Gasteiger partial charge in [-0.1, -0.05) is 17.7 Å². The van der Waals surface area contributed by atoms with E-state index < -0.39 is 17.7 Å². The normalized spacial score (nSPS) is 19.2. The SMILES string of the molecule is COc1cc2c(cc1N1CCOCC1)CC(Cc1c(Cl)cccc1C(F)(F)F)C2=O. The molecular weight excluding hydrogens is 419 g/mol.